The van der Waals surface area contributed by atoms with Gasteiger partial charge in [-0.05, 0) is 42.5 Å². The highest BCUT2D eigenvalue weighted by molar-refractivity contribution is 6.33. The lowest BCUT2D eigenvalue weighted by Crippen LogP contribution is -2.17. The van der Waals surface area contributed by atoms with E-state index < -0.39 is 5.91 Å². The number of hydrazone groups is 1. The molecule has 1 N–H and O–H groups in total. The van der Waals surface area contributed by atoms with Gasteiger partial charge in [0.05, 0.1) is 26.0 Å². The van der Waals surface area contributed by atoms with Crippen LogP contribution in [0.3, 0.4) is 0 Å². The van der Waals surface area contributed by atoms with Crippen molar-refractivity contribution in [1.82, 2.24) is 10.4 Å². The van der Waals surface area contributed by atoms with Crippen LogP contribution in [0.5, 0.6) is 11.5 Å². The third kappa shape index (κ3) is 4.30. The summed E-state index contributed by atoms with van der Waals surface area (Å²) in [7, 11) is 3.02. The molecule has 0 fully saturated rings. The highest BCUT2D eigenvalue weighted by atomic mass is 35.5. The van der Waals surface area contributed by atoms with Gasteiger partial charge < -0.3 is 9.47 Å². The lowest BCUT2D eigenvalue weighted by atomic mass is 10.2. The van der Waals surface area contributed by atoms with Crippen molar-refractivity contribution in [3.63, 3.8) is 0 Å². The molecule has 2 aromatic carbocycles. The number of carbonyl (C=O) groups excluding carboxylic acids is 1. The number of methoxy groups -OCH3 is 2. The fraction of sp³-hybridized carbons (Fsp3) is 0.105. The Morgan fingerprint density at radius 1 is 1.07 bits per heavy atom. The summed E-state index contributed by atoms with van der Waals surface area (Å²) >= 11 is 12.2. The average molecular weight is 404 g/mol. The fourth-order valence-electron chi connectivity index (χ4n) is 2.43. The minimum atomic E-state index is -0.403. The van der Waals surface area contributed by atoms with Crippen molar-refractivity contribution in [3.05, 3.63) is 63.8 Å². The Morgan fingerprint density at radius 3 is 2.59 bits per heavy atom. The average Bonchev–Trinajstić information content (AvgIpc) is 2.68. The van der Waals surface area contributed by atoms with Crippen LogP contribution in [0.15, 0.2) is 47.6 Å². The van der Waals surface area contributed by atoms with Crippen LogP contribution in [0.4, 0.5) is 0 Å². The van der Waals surface area contributed by atoms with E-state index in [1.807, 2.05) is 0 Å². The standard InChI is InChI=1S/C19H15Cl2N3O3/c1-26-16-6-3-11(9-17(16)27-2)19(25)24-22-10-13-7-12-8-14(20)4-5-15(12)23-18(13)21/h3-10H,1-2H3,(H,24,25)/b22-10-. The Hall–Kier alpha value is -2.83. The zero-order chi connectivity index (χ0) is 19.4. The lowest BCUT2D eigenvalue weighted by Gasteiger charge is -2.08. The Labute approximate surface area is 165 Å². The van der Waals surface area contributed by atoms with Gasteiger partial charge in [-0.3, -0.25) is 4.79 Å². The van der Waals surface area contributed by atoms with Crippen molar-refractivity contribution in [2.45, 2.75) is 0 Å². The summed E-state index contributed by atoms with van der Waals surface area (Å²) in [5.74, 6) is 0.582. The molecule has 1 heterocycles. The van der Waals surface area contributed by atoms with Crippen LogP contribution in [0.2, 0.25) is 10.2 Å². The van der Waals surface area contributed by atoms with Crippen LogP contribution in [-0.4, -0.2) is 31.3 Å². The molecular formula is C19H15Cl2N3O3. The van der Waals surface area contributed by atoms with Crippen molar-refractivity contribution in [1.29, 1.82) is 0 Å². The Kier molecular flexibility index (Phi) is 5.78. The van der Waals surface area contributed by atoms with Crippen LogP contribution in [0.1, 0.15) is 15.9 Å². The molecule has 0 atom stereocenters. The van der Waals surface area contributed by atoms with Gasteiger partial charge in [0, 0.05) is 21.5 Å². The number of fused-ring (bicyclic) bond motifs is 1. The quantitative estimate of drug-likeness (QED) is 0.391. The number of aromatic nitrogens is 1. The van der Waals surface area contributed by atoms with Crippen molar-refractivity contribution in [3.8, 4) is 11.5 Å². The molecule has 3 rings (SSSR count). The van der Waals surface area contributed by atoms with E-state index in [-0.39, 0.29) is 5.15 Å². The fourth-order valence-corrected chi connectivity index (χ4v) is 2.81. The monoisotopic (exact) mass is 403 g/mol. The normalized spacial score (nSPS) is 11.0. The van der Waals surface area contributed by atoms with Crippen molar-refractivity contribution < 1.29 is 14.3 Å². The summed E-state index contributed by atoms with van der Waals surface area (Å²) in [5.41, 5.74) is 4.09. The largest absolute Gasteiger partial charge is 0.493 e. The number of nitrogens with zero attached hydrogens (tertiary/aromatic N) is 2. The topological polar surface area (TPSA) is 72.8 Å². The van der Waals surface area contributed by atoms with E-state index in [1.165, 1.54) is 20.4 Å². The molecule has 0 radical (unpaired) electrons. The van der Waals surface area contributed by atoms with Gasteiger partial charge in [0.1, 0.15) is 5.15 Å². The molecule has 3 aromatic rings. The van der Waals surface area contributed by atoms with Crippen molar-refractivity contribution in [2.24, 2.45) is 5.10 Å². The van der Waals surface area contributed by atoms with E-state index in [1.54, 1.807) is 42.5 Å². The first kappa shape index (κ1) is 18.9. The number of ether oxygens (including phenoxy) is 2. The molecule has 8 heteroatoms. The smallest absolute Gasteiger partial charge is 0.271 e. The molecule has 6 nitrogen and oxygen atoms in total. The van der Waals surface area contributed by atoms with E-state index >= 15 is 0 Å². The molecule has 1 aromatic heterocycles. The van der Waals surface area contributed by atoms with Crippen LogP contribution < -0.4 is 14.9 Å². The maximum atomic E-state index is 12.3. The van der Waals surface area contributed by atoms with Gasteiger partial charge in [-0.1, -0.05) is 23.2 Å². The van der Waals surface area contributed by atoms with Gasteiger partial charge >= 0.3 is 0 Å². The molecule has 0 unspecified atom stereocenters. The van der Waals surface area contributed by atoms with Crippen LogP contribution in [0.25, 0.3) is 10.9 Å². The maximum Gasteiger partial charge on any atom is 0.271 e. The molecule has 27 heavy (non-hydrogen) atoms. The van der Waals surface area contributed by atoms with E-state index in [9.17, 15) is 4.79 Å². The second-order valence-electron chi connectivity index (χ2n) is 5.47. The Morgan fingerprint density at radius 2 is 1.85 bits per heavy atom. The van der Waals surface area contributed by atoms with Gasteiger partial charge in [0.2, 0.25) is 0 Å². The van der Waals surface area contributed by atoms with E-state index in [4.69, 9.17) is 32.7 Å². The first-order valence-electron chi connectivity index (χ1n) is 7.83. The maximum absolute atomic E-state index is 12.3. The first-order chi connectivity index (χ1) is 13.0. The molecule has 0 spiro atoms. The van der Waals surface area contributed by atoms with E-state index in [2.05, 4.69) is 15.5 Å². The third-order valence-corrected chi connectivity index (χ3v) is 4.31. The number of hydrogen-bond acceptors (Lipinski definition) is 5. The van der Waals surface area contributed by atoms with Crippen molar-refractivity contribution in [2.75, 3.05) is 14.2 Å². The lowest BCUT2D eigenvalue weighted by molar-refractivity contribution is 0.0954. The second kappa shape index (κ2) is 8.24. The Bertz CT molecular complexity index is 1040. The molecule has 0 bridgehead atoms. The van der Waals surface area contributed by atoms with Gasteiger partial charge in [-0.15, -0.1) is 0 Å². The molecule has 0 saturated heterocycles. The highest BCUT2D eigenvalue weighted by Gasteiger charge is 2.10. The third-order valence-electron chi connectivity index (χ3n) is 3.77. The number of benzene rings is 2. The number of hydrogen-bond donors (Lipinski definition) is 1. The predicted molar refractivity (Wildman–Crippen MR) is 106 cm³/mol. The minimum absolute atomic E-state index is 0.272. The molecular weight excluding hydrogens is 389 g/mol. The summed E-state index contributed by atoms with van der Waals surface area (Å²) in [4.78, 5) is 16.5. The van der Waals surface area contributed by atoms with Gasteiger partial charge in [-0.25, -0.2) is 10.4 Å². The van der Waals surface area contributed by atoms with Crippen LogP contribution in [0, 0.1) is 0 Å². The Balaban J connectivity index is 1.78. The molecule has 0 aliphatic carbocycles. The van der Waals surface area contributed by atoms with Crippen molar-refractivity contribution >= 4 is 46.2 Å². The molecule has 1 amide bonds. The van der Waals surface area contributed by atoms with Gasteiger partial charge in [-0.2, -0.15) is 5.10 Å². The SMILES string of the molecule is COc1ccc(C(=O)N/N=C\c2cc3cc(Cl)ccc3nc2Cl)cc1OC. The summed E-state index contributed by atoms with van der Waals surface area (Å²) in [5, 5.41) is 5.64. The summed E-state index contributed by atoms with van der Waals surface area (Å²) in [6.07, 6.45) is 1.42. The van der Waals surface area contributed by atoms with E-state index in [0.717, 1.165) is 10.9 Å². The summed E-state index contributed by atoms with van der Waals surface area (Å²) in [6.45, 7) is 0. The molecule has 0 aliphatic heterocycles. The minimum Gasteiger partial charge on any atom is -0.493 e. The molecule has 138 valence electrons. The summed E-state index contributed by atoms with van der Waals surface area (Å²) in [6, 6.07) is 11.9. The second-order valence-corrected chi connectivity index (χ2v) is 6.27. The zero-order valence-corrected chi connectivity index (χ0v) is 16.0. The van der Waals surface area contributed by atoms with Gasteiger partial charge in [0.15, 0.2) is 11.5 Å². The number of halogens is 2. The number of nitrogens with one attached hydrogen (secondary N) is 1. The zero-order valence-electron chi connectivity index (χ0n) is 14.5. The highest BCUT2D eigenvalue weighted by Crippen LogP contribution is 2.27. The number of rotatable bonds is 5. The first-order valence-corrected chi connectivity index (χ1v) is 8.58. The summed E-state index contributed by atoms with van der Waals surface area (Å²) < 4.78 is 10.3. The van der Waals surface area contributed by atoms with Gasteiger partial charge in [0.25, 0.3) is 5.91 Å². The number of pyridine rings is 1. The van der Waals surface area contributed by atoms with Crippen LogP contribution >= 0.6 is 23.2 Å². The van der Waals surface area contributed by atoms with Crippen LogP contribution in [-0.2, 0) is 0 Å². The molecule has 0 saturated carbocycles. The number of amides is 1. The number of carbonyl (C=O) groups is 1. The molecule has 0 aliphatic rings. The van der Waals surface area contributed by atoms with E-state index in [0.29, 0.717) is 27.6 Å². The predicted octanol–water partition coefficient (Wildman–Crippen LogP) is 4.32.